The number of aromatic nitrogens is 2. The van der Waals surface area contributed by atoms with Crippen molar-refractivity contribution in [2.45, 2.75) is 25.2 Å². The first-order chi connectivity index (χ1) is 10.2. The van der Waals surface area contributed by atoms with Crippen LogP contribution in [0.2, 0.25) is 5.02 Å². The molecule has 4 nitrogen and oxygen atoms in total. The molecular formula is C16H18ClN3O. The van der Waals surface area contributed by atoms with Crippen LogP contribution in [0.5, 0.6) is 0 Å². The fourth-order valence-electron chi connectivity index (χ4n) is 2.73. The number of aromatic amines is 1. The van der Waals surface area contributed by atoms with Crippen molar-refractivity contribution in [3.8, 4) is 0 Å². The standard InChI is InChI=1S/C16H18ClN3O/c17-13-3-1-11(2-4-13)9-15-19-14(10-16(21)20-15)12-5-7-18-8-6-12/h1-4,10,12,18H,5-9H2,(H,19,20,21). The number of rotatable bonds is 3. The zero-order valence-electron chi connectivity index (χ0n) is 11.7. The third-order valence-corrected chi connectivity index (χ3v) is 4.10. The van der Waals surface area contributed by atoms with Crippen LogP contribution in [0.15, 0.2) is 35.1 Å². The molecule has 0 bridgehead atoms. The summed E-state index contributed by atoms with van der Waals surface area (Å²) in [4.78, 5) is 19.4. The van der Waals surface area contributed by atoms with Gasteiger partial charge in [-0.3, -0.25) is 4.79 Å². The van der Waals surface area contributed by atoms with E-state index in [4.69, 9.17) is 11.6 Å². The molecule has 2 aromatic rings. The SMILES string of the molecule is O=c1cc(C2CCNCC2)nc(Cc2ccc(Cl)cc2)[nH]1. The Hall–Kier alpha value is -1.65. The van der Waals surface area contributed by atoms with E-state index in [0.717, 1.165) is 43.0 Å². The highest BCUT2D eigenvalue weighted by Crippen LogP contribution is 2.22. The molecule has 1 aliphatic rings. The molecule has 0 atom stereocenters. The second kappa shape index (κ2) is 6.41. The van der Waals surface area contributed by atoms with Crippen molar-refractivity contribution >= 4 is 11.6 Å². The van der Waals surface area contributed by atoms with E-state index in [9.17, 15) is 4.79 Å². The number of nitrogens with zero attached hydrogens (tertiary/aromatic N) is 1. The Balaban J connectivity index is 1.83. The molecule has 0 amide bonds. The highest BCUT2D eigenvalue weighted by molar-refractivity contribution is 6.30. The second-order valence-electron chi connectivity index (χ2n) is 5.44. The minimum Gasteiger partial charge on any atom is -0.317 e. The topological polar surface area (TPSA) is 57.8 Å². The van der Waals surface area contributed by atoms with Gasteiger partial charge in [0, 0.05) is 23.4 Å². The number of nitrogens with one attached hydrogen (secondary N) is 2. The van der Waals surface area contributed by atoms with Crippen LogP contribution in [0.1, 0.15) is 35.8 Å². The van der Waals surface area contributed by atoms with Crippen LogP contribution in [0.3, 0.4) is 0 Å². The zero-order chi connectivity index (χ0) is 14.7. The molecule has 0 saturated carbocycles. The lowest BCUT2D eigenvalue weighted by atomic mass is 9.94. The smallest absolute Gasteiger partial charge is 0.251 e. The van der Waals surface area contributed by atoms with E-state index in [2.05, 4.69) is 15.3 Å². The first kappa shape index (κ1) is 14.3. The van der Waals surface area contributed by atoms with Crippen molar-refractivity contribution in [3.05, 3.63) is 62.8 Å². The van der Waals surface area contributed by atoms with Gasteiger partial charge < -0.3 is 10.3 Å². The lowest BCUT2D eigenvalue weighted by Gasteiger charge is -2.22. The molecule has 5 heteroatoms. The number of piperidine rings is 1. The number of H-pyrrole nitrogens is 1. The highest BCUT2D eigenvalue weighted by Gasteiger charge is 2.17. The van der Waals surface area contributed by atoms with E-state index >= 15 is 0 Å². The molecule has 21 heavy (non-hydrogen) atoms. The van der Waals surface area contributed by atoms with E-state index in [1.54, 1.807) is 6.07 Å². The largest absolute Gasteiger partial charge is 0.317 e. The number of benzene rings is 1. The minimum atomic E-state index is -0.0671. The summed E-state index contributed by atoms with van der Waals surface area (Å²) in [6.45, 7) is 1.98. The molecule has 110 valence electrons. The number of hydrogen-bond acceptors (Lipinski definition) is 3. The van der Waals surface area contributed by atoms with Crippen LogP contribution >= 0.6 is 11.6 Å². The molecule has 0 unspecified atom stereocenters. The maximum Gasteiger partial charge on any atom is 0.251 e. The molecule has 1 aromatic heterocycles. The Kier molecular flexibility index (Phi) is 4.36. The van der Waals surface area contributed by atoms with Crippen molar-refractivity contribution in [2.75, 3.05) is 13.1 Å². The molecule has 0 aliphatic carbocycles. The summed E-state index contributed by atoms with van der Waals surface area (Å²) in [6, 6.07) is 9.26. The molecule has 1 saturated heterocycles. The zero-order valence-corrected chi connectivity index (χ0v) is 12.5. The van der Waals surface area contributed by atoms with Gasteiger partial charge in [0.25, 0.3) is 5.56 Å². The Morgan fingerprint density at radius 1 is 1.19 bits per heavy atom. The maximum atomic E-state index is 11.9. The summed E-state index contributed by atoms with van der Waals surface area (Å²) in [5.41, 5.74) is 1.94. The van der Waals surface area contributed by atoms with Gasteiger partial charge in [-0.1, -0.05) is 23.7 Å². The fraction of sp³-hybridized carbons (Fsp3) is 0.375. The molecule has 3 rings (SSSR count). The Morgan fingerprint density at radius 3 is 2.62 bits per heavy atom. The molecular weight excluding hydrogens is 286 g/mol. The quantitative estimate of drug-likeness (QED) is 0.916. The normalized spacial score (nSPS) is 16.0. The Bertz CT molecular complexity index is 660. The van der Waals surface area contributed by atoms with E-state index in [0.29, 0.717) is 17.4 Å². The molecule has 1 aromatic carbocycles. The van der Waals surface area contributed by atoms with Gasteiger partial charge in [0.15, 0.2) is 0 Å². The number of hydrogen-bond donors (Lipinski definition) is 2. The van der Waals surface area contributed by atoms with Gasteiger partial charge in [-0.25, -0.2) is 4.98 Å². The van der Waals surface area contributed by atoms with Crippen LogP contribution < -0.4 is 10.9 Å². The molecule has 1 fully saturated rings. The average molecular weight is 304 g/mol. The predicted octanol–water partition coefficient (Wildman–Crippen LogP) is 2.48. The van der Waals surface area contributed by atoms with Gasteiger partial charge in [-0.15, -0.1) is 0 Å². The van der Waals surface area contributed by atoms with Crippen LogP contribution in [0.4, 0.5) is 0 Å². The summed E-state index contributed by atoms with van der Waals surface area (Å²) in [5, 5.41) is 4.04. The van der Waals surface area contributed by atoms with Gasteiger partial charge in [0.1, 0.15) is 5.82 Å². The molecule has 0 spiro atoms. The maximum absolute atomic E-state index is 11.9. The summed E-state index contributed by atoms with van der Waals surface area (Å²) in [6.07, 6.45) is 2.69. The summed E-state index contributed by atoms with van der Waals surface area (Å²) in [7, 11) is 0. The van der Waals surface area contributed by atoms with Gasteiger partial charge in [-0.05, 0) is 43.6 Å². The van der Waals surface area contributed by atoms with Crippen molar-refractivity contribution in [1.82, 2.24) is 15.3 Å². The molecule has 1 aliphatic heterocycles. The van der Waals surface area contributed by atoms with E-state index < -0.39 is 0 Å². The molecule has 0 radical (unpaired) electrons. The van der Waals surface area contributed by atoms with Crippen LogP contribution in [0.25, 0.3) is 0 Å². The third-order valence-electron chi connectivity index (χ3n) is 3.85. The van der Waals surface area contributed by atoms with Gasteiger partial charge in [0.2, 0.25) is 0 Å². The highest BCUT2D eigenvalue weighted by atomic mass is 35.5. The van der Waals surface area contributed by atoms with E-state index in [1.165, 1.54) is 0 Å². The summed E-state index contributed by atoms with van der Waals surface area (Å²) in [5.74, 6) is 1.11. The van der Waals surface area contributed by atoms with Gasteiger partial charge in [0.05, 0.1) is 5.69 Å². The van der Waals surface area contributed by atoms with E-state index in [-0.39, 0.29) is 5.56 Å². The first-order valence-electron chi connectivity index (χ1n) is 7.26. The van der Waals surface area contributed by atoms with Crippen molar-refractivity contribution < 1.29 is 0 Å². The Morgan fingerprint density at radius 2 is 1.90 bits per heavy atom. The Labute approximate surface area is 128 Å². The summed E-state index contributed by atoms with van der Waals surface area (Å²) >= 11 is 5.89. The molecule has 2 N–H and O–H groups in total. The predicted molar refractivity (Wildman–Crippen MR) is 84.0 cm³/mol. The van der Waals surface area contributed by atoms with Crippen molar-refractivity contribution in [3.63, 3.8) is 0 Å². The monoisotopic (exact) mass is 303 g/mol. The number of halogens is 1. The third kappa shape index (κ3) is 3.71. The minimum absolute atomic E-state index is 0.0671. The van der Waals surface area contributed by atoms with Crippen molar-refractivity contribution in [2.24, 2.45) is 0 Å². The second-order valence-corrected chi connectivity index (χ2v) is 5.88. The van der Waals surface area contributed by atoms with Gasteiger partial charge >= 0.3 is 0 Å². The summed E-state index contributed by atoms with van der Waals surface area (Å²) < 4.78 is 0. The van der Waals surface area contributed by atoms with Crippen molar-refractivity contribution in [1.29, 1.82) is 0 Å². The van der Waals surface area contributed by atoms with Crippen LogP contribution in [-0.2, 0) is 6.42 Å². The average Bonchev–Trinajstić information content (AvgIpc) is 2.50. The van der Waals surface area contributed by atoms with Crippen LogP contribution in [0, 0.1) is 0 Å². The first-order valence-corrected chi connectivity index (χ1v) is 7.64. The molecule has 2 heterocycles. The lowest BCUT2D eigenvalue weighted by molar-refractivity contribution is 0.451. The fourth-order valence-corrected chi connectivity index (χ4v) is 2.86. The van der Waals surface area contributed by atoms with Gasteiger partial charge in [-0.2, -0.15) is 0 Å². The van der Waals surface area contributed by atoms with E-state index in [1.807, 2.05) is 24.3 Å². The van der Waals surface area contributed by atoms with Crippen LogP contribution in [-0.4, -0.2) is 23.1 Å². The lowest BCUT2D eigenvalue weighted by Crippen LogP contribution is -2.28.